The third-order valence-electron chi connectivity index (χ3n) is 3.15. The van der Waals surface area contributed by atoms with Gasteiger partial charge in [-0.1, -0.05) is 42.5 Å². The van der Waals surface area contributed by atoms with E-state index in [2.05, 4.69) is 17.4 Å². The van der Waals surface area contributed by atoms with Gasteiger partial charge in [-0.25, -0.2) is 0 Å². The number of fused-ring (bicyclic) bond motifs is 1. The summed E-state index contributed by atoms with van der Waals surface area (Å²) >= 11 is 0. The second-order valence-electron chi connectivity index (χ2n) is 4.28. The number of para-hydroxylation sites is 1. The zero-order valence-corrected chi connectivity index (χ0v) is 9.39. The van der Waals surface area contributed by atoms with Gasteiger partial charge in [0.2, 0.25) is 0 Å². The minimum Gasteiger partial charge on any atom is -0.377 e. The van der Waals surface area contributed by atoms with Crippen LogP contribution in [-0.4, -0.2) is 5.78 Å². The molecule has 17 heavy (non-hydrogen) atoms. The van der Waals surface area contributed by atoms with E-state index < -0.39 is 0 Å². The number of anilines is 1. The number of Topliss-reactive ketones (excluding diaryl/α,β-unsaturated/α-hetero) is 1. The Morgan fingerprint density at radius 1 is 0.941 bits per heavy atom. The van der Waals surface area contributed by atoms with Crippen molar-refractivity contribution < 1.29 is 4.79 Å². The predicted molar refractivity (Wildman–Crippen MR) is 68.2 cm³/mol. The molecule has 0 aliphatic carbocycles. The topological polar surface area (TPSA) is 29.1 Å². The monoisotopic (exact) mass is 223 g/mol. The maximum Gasteiger partial charge on any atom is 0.167 e. The molecule has 0 fully saturated rings. The lowest BCUT2D eigenvalue weighted by molar-refractivity contribution is 0.0972. The molecule has 84 valence electrons. The van der Waals surface area contributed by atoms with Crippen LogP contribution in [0.3, 0.4) is 0 Å². The van der Waals surface area contributed by atoms with Crippen molar-refractivity contribution in [3.8, 4) is 0 Å². The van der Waals surface area contributed by atoms with Crippen LogP contribution in [0.15, 0.2) is 54.6 Å². The molecule has 0 aromatic heterocycles. The van der Waals surface area contributed by atoms with Crippen molar-refractivity contribution in [1.82, 2.24) is 0 Å². The van der Waals surface area contributed by atoms with E-state index in [4.69, 9.17) is 0 Å². The Labute approximate surface area is 100 Å². The van der Waals surface area contributed by atoms with Crippen molar-refractivity contribution in [2.75, 3.05) is 5.32 Å². The molecule has 0 amide bonds. The van der Waals surface area contributed by atoms with Crippen LogP contribution in [0.5, 0.6) is 0 Å². The molecule has 1 heterocycles. The SMILES string of the molecule is O=C1C[C@@H](c2ccccc2)Nc2ccccc21. The highest BCUT2D eigenvalue weighted by molar-refractivity contribution is 6.03. The molecule has 0 bridgehead atoms. The number of carbonyl (C=O) groups is 1. The molecule has 1 atom stereocenters. The maximum absolute atomic E-state index is 12.0. The Balaban J connectivity index is 1.97. The quantitative estimate of drug-likeness (QED) is 0.802. The summed E-state index contributed by atoms with van der Waals surface area (Å²) < 4.78 is 0. The average molecular weight is 223 g/mol. The molecular weight excluding hydrogens is 210 g/mol. The van der Waals surface area contributed by atoms with E-state index in [-0.39, 0.29) is 11.8 Å². The minimum absolute atomic E-state index is 0.0959. The number of benzene rings is 2. The number of hydrogen-bond donors (Lipinski definition) is 1. The highest BCUT2D eigenvalue weighted by Gasteiger charge is 2.24. The summed E-state index contributed by atoms with van der Waals surface area (Å²) in [6.45, 7) is 0. The first kappa shape index (κ1) is 10.1. The molecule has 1 aliphatic rings. The standard InChI is InChI=1S/C15H13NO/c17-15-10-14(11-6-2-1-3-7-11)16-13-9-5-4-8-12(13)15/h1-9,14,16H,10H2/t14-/m0/s1. The zero-order chi connectivity index (χ0) is 11.7. The van der Waals surface area contributed by atoms with E-state index in [1.54, 1.807) is 0 Å². The van der Waals surface area contributed by atoms with Gasteiger partial charge in [-0.05, 0) is 17.7 Å². The molecule has 2 heteroatoms. The molecule has 0 saturated carbocycles. The van der Waals surface area contributed by atoms with Gasteiger partial charge in [0.05, 0.1) is 6.04 Å². The molecule has 1 aliphatic heterocycles. The molecule has 1 N–H and O–H groups in total. The first-order chi connectivity index (χ1) is 8.34. The molecule has 0 unspecified atom stereocenters. The zero-order valence-electron chi connectivity index (χ0n) is 9.39. The number of rotatable bonds is 1. The van der Waals surface area contributed by atoms with Gasteiger partial charge in [0.15, 0.2) is 5.78 Å². The first-order valence-corrected chi connectivity index (χ1v) is 5.78. The Morgan fingerprint density at radius 2 is 1.65 bits per heavy atom. The molecular formula is C15H13NO. The third-order valence-corrected chi connectivity index (χ3v) is 3.15. The van der Waals surface area contributed by atoms with Crippen LogP contribution in [0.25, 0.3) is 0 Å². The van der Waals surface area contributed by atoms with Crippen molar-refractivity contribution in [2.45, 2.75) is 12.5 Å². The lowest BCUT2D eigenvalue weighted by atomic mass is 9.92. The molecule has 2 aromatic carbocycles. The second kappa shape index (κ2) is 4.06. The summed E-state index contributed by atoms with van der Waals surface area (Å²) in [6.07, 6.45) is 0.529. The van der Waals surface area contributed by atoms with Crippen molar-refractivity contribution in [3.63, 3.8) is 0 Å². The fraction of sp³-hybridized carbons (Fsp3) is 0.133. The third kappa shape index (κ3) is 1.82. The van der Waals surface area contributed by atoms with Gasteiger partial charge < -0.3 is 5.32 Å². The van der Waals surface area contributed by atoms with E-state index in [0.29, 0.717) is 6.42 Å². The van der Waals surface area contributed by atoms with Crippen LogP contribution in [0, 0.1) is 0 Å². The van der Waals surface area contributed by atoms with Gasteiger partial charge in [0.25, 0.3) is 0 Å². The van der Waals surface area contributed by atoms with Gasteiger partial charge in [-0.3, -0.25) is 4.79 Å². The predicted octanol–water partition coefficient (Wildman–Crippen LogP) is 3.43. The molecule has 2 nitrogen and oxygen atoms in total. The Hall–Kier alpha value is -2.09. The van der Waals surface area contributed by atoms with Crippen LogP contribution in [0.1, 0.15) is 28.4 Å². The molecule has 0 saturated heterocycles. The fourth-order valence-corrected chi connectivity index (χ4v) is 2.27. The Morgan fingerprint density at radius 3 is 2.47 bits per heavy atom. The highest BCUT2D eigenvalue weighted by atomic mass is 16.1. The molecule has 0 spiro atoms. The number of hydrogen-bond acceptors (Lipinski definition) is 2. The lowest BCUT2D eigenvalue weighted by Crippen LogP contribution is -2.22. The maximum atomic E-state index is 12.0. The largest absolute Gasteiger partial charge is 0.377 e. The van der Waals surface area contributed by atoms with Crippen LogP contribution in [0.2, 0.25) is 0 Å². The summed E-state index contributed by atoms with van der Waals surface area (Å²) in [4.78, 5) is 12.0. The van der Waals surface area contributed by atoms with Gasteiger partial charge in [-0.15, -0.1) is 0 Å². The van der Waals surface area contributed by atoms with E-state index in [1.807, 2.05) is 42.5 Å². The van der Waals surface area contributed by atoms with Crippen LogP contribution in [-0.2, 0) is 0 Å². The van der Waals surface area contributed by atoms with Crippen molar-refractivity contribution in [1.29, 1.82) is 0 Å². The Kier molecular flexibility index (Phi) is 2.41. The molecule has 3 rings (SSSR count). The van der Waals surface area contributed by atoms with E-state index in [9.17, 15) is 4.79 Å². The Bertz CT molecular complexity index is 548. The summed E-state index contributed by atoms with van der Waals surface area (Å²) in [7, 11) is 0. The molecule has 2 aromatic rings. The lowest BCUT2D eigenvalue weighted by Gasteiger charge is -2.26. The van der Waals surface area contributed by atoms with Crippen LogP contribution >= 0.6 is 0 Å². The smallest absolute Gasteiger partial charge is 0.167 e. The highest BCUT2D eigenvalue weighted by Crippen LogP contribution is 2.31. The van der Waals surface area contributed by atoms with Crippen LogP contribution in [0.4, 0.5) is 5.69 Å². The second-order valence-corrected chi connectivity index (χ2v) is 4.28. The van der Waals surface area contributed by atoms with E-state index in [0.717, 1.165) is 16.8 Å². The van der Waals surface area contributed by atoms with Crippen LogP contribution < -0.4 is 5.32 Å². The minimum atomic E-state index is 0.0959. The van der Waals surface area contributed by atoms with Gasteiger partial charge >= 0.3 is 0 Å². The van der Waals surface area contributed by atoms with E-state index in [1.165, 1.54) is 0 Å². The van der Waals surface area contributed by atoms with Crippen molar-refractivity contribution in [2.24, 2.45) is 0 Å². The first-order valence-electron chi connectivity index (χ1n) is 5.78. The normalized spacial score (nSPS) is 18.4. The fourth-order valence-electron chi connectivity index (χ4n) is 2.27. The summed E-state index contributed by atoms with van der Waals surface area (Å²) in [5.41, 5.74) is 2.91. The summed E-state index contributed by atoms with van der Waals surface area (Å²) in [5.74, 6) is 0.216. The van der Waals surface area contributed by atoms with Gasteiger partial charge in [0.1, 0.15) is 0 Å². The number of nitrogens with one attached hydrogen (secondary N) is 1. The van der Waals surface area contributed by atoms with Crippen molar-refractivity contribution in [3.05, 3.63) is 65.7 Å². The number of ketones is 1. The van der Waals surface area contributed by atoms with E-state index >= 15 is 0 Å². The molecule has 0 radical (unpaired) electrons. The summed E-state index contributed by atoms with van der Waals surface area (Å²) in [5, 5.41) is 3.42. The number of carbonyl (C=O) groups excluding carboxylic acids is 1. The van der Waals surface area contributed by atoms with Gasteiger partial charge in [-0.2, -0.15) is 0 Å². The summed E-state index contributed by atoms with van der Waals surface area (Å²) in [6, 6.07) is 17.9. The average Bonchev–Trinajstić information content (AvgIpc) is 2.40. The van der Waals surface area contributed by atoms with Crippen molar-refractivity contribution >= 4 is 11.5 Å². The van der Waals surface area contributed by atoms with Gasteiger partial charge in [0, 0.05) is 17.7 Å².